The monoisotopic (exact) mass is 344 g/mol. The van der Waals surface area contributed by atoms with Gasteiger partial charge in [0, 0.05) is 23.7 Å². The first kappa shape index (κ1) is 19.4. The third-order valence-electron chi connectivity index (χ3n) is 3.18. The first-order valence-corrected chi connectivity index (χ1v) is 8.56. The van der Waals surface area contributed by atoms with Crippen LogP contribution in [-0.4, -0.2) is 48.1 Å². The van der Waals surface area contributed by atoms with Crippen molar-refractivity contribution in [2.75, 3.05) is 26.3 Å². The highest BCUT2D eigenvalue weighted by Crippen LogP contribution is 2.14. The van der Waals surface area contributed by atoms with Gasteiger partial charge < -0.3 is 14.5 Å². The largest absolute Gasteiger partial charge is 0.466 e. The van der Waals surface area contributed by atoms with Crippen molar-refractivity contribution in [3.8, 4) is 0 Å². The number of aromatic nitrogens is 1. The fourth-order valence-electron chi connectivity index (χ4n) is 2.05. The zero-order valence-electron chi connectivity index (χ0n) is 13.8. The first-order chi connectivity index (χ1) is 11.0. The molecule has 130 valence electrons. The molecule has 0 aliphatic heterocycles. The number of hydrogen-bond donors (Lipinski definition) is 1. The van der Waals surface area contributed by atoms with E-state index in [1.807, 2.05) is 11.8 Å². The maximum absolute atomic E-state index is 11.6. The van der Waals surface area contributed by atoms with Gasteiger partial charge in [0.2, 0.25) is 0 Å². The molecule has 0 aliphatic carbocycles. The molecule has 0 bridgehead atoms. The highest BCUT2D eigenvalue weighted by Gasteiger charge is 2.16. The normalized spacial score (nSPS) is 10.8. The molecular formula is C15H24N2O5S. The van der Waals surface area contributed by atoms with E-state index in [1.54, 1.807) is 13.8 Å². The molecule has 1 N–H and O–H groups in total. The summed E-state index contributed by atoms with van der Waals surface area (Å²) in [6.07, 6.45) is 0.353. The number of aromatic amines is 1. The number of rotatable bonds is 10. The minimum atomic E-state index is -0.364. The molecule has 1 heterocycles. The average Bonchev–Trinajstić information content (AvgIpc) is 2.83. The van der Waals surface area contributed by atoms with Crippen molar-refractivity contribution in [3.63, 3.8) is 0 Å². The third kappa shape index (κ3) is 6.96. The fraction of sp³-hybridized carbons (Fsp3) is 0.667. The third-order valence-corrected chi connectivity index (χ3v) is 4.09. The van der Waals surface area contributed by atoms with Gasteiger partial charge in [-0.25, -0.2) is 0 Å². The molecule has 1 aromatic heterocycles. The van der Waals surface area contributed by atoms with Crippen LogP contribution in [0.25, 0.3) is 0 Å². The molecule has 0 radical (unpaired) electrons. The molecule has 0 atom stereocenters. The highest BCUT2D eigenvalue weighted by molar-refractivity contribution is 7.09. The second-order valence-corrected chi connectivity index (χ2v) is 5.89. The summed E-state index contributed by atoms with van der Waals surface area (Å²) < 4.78 is 9.83. The van der Waals surface area contributed by atoms with Crippen LogP contribution < -0.4 is 4.87 Å². The minimum Gasteiger partial charge on any atom is -0.466 e. The van der Waals surface area contributed by atoms with E-state index in [1.165, 1.54) is 0 Å². The number of hydrogen-bond acceptors (Lipinski definition) is 7. The predicted octanol–water partition coefficient (Wildman–Crippen LogP) is 1.32. The van der Waals surface area contributed by atoms with Crippen LogP contribution in [0.2, 0.25) is 0 Å². The van der Waals surface area contributed by atoms with Crippen molar-refractivity contribution in [2.45, 2.75) is 40.2 Å². The van der Waals surface area contributed by atoms with Crippen molar-refractivity contribution in [2.24, 2.45) is 0 Å². The van der Waals surface area contributed by atoms with Gasteiger partial charge in [0.25, 0.3) is 0 Å². The Labute approximate surface area is 139 Å². The number of esters is 2. The van der Waals surface area contributed by atoms with Crippen molar-refractivity contribution in [1.29, 1.82) is 0 Å². The summed E-state index contributed by atoms with van der Waals surface area (Å²) in [4.78, 5) is 40.0. The van der Waals surface area contributed by atoms with Crippen LogP contribution in [-0.2, 0) is 32.0 Å². The summed E-state index contributed by atoms with van der Waals surface area (Å²) >= 11 is 1.09. The number of H-pyrrole nitrogens is 1. The van der Waals surface area contributed by atoms with E-state index in [0.717, 1.165) is 22.8 Å². The molecule has 0 fully saturated rings. The number of nitrogens with one attached hydrogen (secondary N) is 1. The van der Waals surface area contributed by atoms with Crippen molar-refractivity contribution >= 4 is 23.3 Å². The van der Waals surface area contributed by atoms with Crippen LogP contribution >= 0.6 is 11.3 Å². The second kappa shape index (κ2) is 10.2. The molecule has 8 heteroatoms. The molecule has 1 aromatic rings. The van der Waals surface area contributed by atoms with Crippen molar-refractivity contribution < 1.29 is 19.1 Å². The minimum absolute atomic E-state index is 0.0529. The Morgan fingerprint density at radius 3 is 2.39 bits per heavy atom. The Bertz CT molecular complexity index is 566. The lowest BCUT2D eigenvalue weighted by Crippen LogP contribution is -2.26. The lowest BCUT2D eigenvalue weighted by Gasteiger charge is -2.19. The van der Waals surface area contributed by atoms with Crippen LogP contribution in [0.15, 0.2) is 4.79 Å². The maximum atomic E-state index is 11.6. The van der Waals surface area contributed by atoms with E-state index in [4.69, 9.17) is 9.47 Å². The lowest BCUT2D eigenvalue weighted by molar-refractivity contribution is -0.143. The number of ether oxygens (including phenoxy) is 2. The maximum Gasteiger partial charge on any atom is 0.311 e. The van der Waals surface area contributed by atoms with Gasteiger partial charge >= 0.3 is 16.8 Å². The van der Waals surface area contributed by atoms with Gasteiger partial charge in [0.05, 0.1) is 26.1 Å². The number of carbonyl (C=O) groups excluding carboxylic acids is 2. The Morgan fingerprint density at radius 2 is 1.78 bits per heavy atom. The van der Waals surface area contributed by atoms with Gasteiger partial charge in [-0.3, -0.25) is 19.3 Å². The van der Waals surface area contributed by atoms with Gasteiger partial charge in [0.15, 0.2) is 0 Å². The van der Waals surface area contributed by atoms with E-state index in [9.17, 15) is 14.4 Å². The molecular weight excluding hydrogens is 320 g/mol. The Balaban J connectivity index is 2.68. The summed E-state index contributed by atoms with van der Waals surface area (Å²) in [6, 6.07) is 0. The first-order valence-electron chi connectivity index (χ1n) is 7.74. The van der Waals surface area contributed by atoms with Gasteiger partial charge in [-0.05, 0) is 20.4 Å². The Morgan fingerprint density at radius 1 is 1.13 bits per heavy atom. The SMILES string of the molecule is CCOC(=O)CCN(CC)Cc1sc(=O)[nH]c1CC(=O)OCC. The van der Waals surface area contributed by atoms with E-state index < -0.39 is 0 Å². The summed E-state index contributed by atoms with van der Waals surface area (Å²) in [6.45, 7) is 7.94. The van der Waals surface area contributed by atoms with Crippen LogP contribution in [0, 0.1) is 0 Å². The quantitative estimate of drug-likeness (QED) is 0.644. The van der Waals surface area contributed by atoms with Crippen molar-refractivity contribution in [3.05, 3.63) is 20.2 Å². The number of nitrogens with zero attached hydrogens (tertiary/aromatic N) is 1. The summed E-state index contributed by atoms with van der Waals surface area (Å²) in [5, 5.41) is 0. The molecule has 0 saturated heterocycles. The zero-order valence-corrected chi connectivity index (χ0v) is 14.7. The summed E-state index contributed by atoms with van der Waals surface area (Å²) in [5.41, 5.74) is 0.591. The standard InChI is InChI=1S/C15H24N2O5S/c1-4-17(8-7-13(18)21-5-2)10-12-11(16-15(20)23-12)9-14(19)22-6-3/h4-10H2,1-3H3,(H,16,20). The molecule has 0 spiro atoms. The van der Waals surface area contributed by atoms with E-state index in [0.29, 0.717) is 38.4 Å². The highest BCUT2D eigenvalue weighted by atomic mass is 32.1. The van der Waals surface area contributed by atoms with Gasteiger partial charge in [-0.1, -0.05) is 18.3 Å². The van der Waals surface area contributed by atoms with E-state index >= 15 is 0 Å². The predicted molar refractivity (Wildman–Crippen MR) is 87.5 cm³/mol. The van der Waals surface area contributed by atoms with E-state index in [-0.39, 0.29) is 23.2 Å². The van der Waals surface area contributed by atoms with Gasteiger partial charge in [0.1, 0.15) is 0 Å². The number of thiazole rings is 1. The Hall–Kier alpha value is -1.67. The molecule has 1 rings (SSSR count). The number of carbonyl (C=O) groups is 2. The summed E-state index contributed by atoms with van der Waals surface area (Å²) in [5.74, 6) is -0.600. The molecule has 0 unspecified atom stereocenters. The zero-order chi connectivity index (χ0) is 17.2. The average molecular weight is 344 g/mol. The molecule has 0 amide bonds. The fourth-order valence-corrected chi connectivity index (χ4v) is 2.94. The van der Waals surface area contributed by atoms with E-state index in [2.05, 4.69) is 4.98 Å². The Kier molecular flexibility index (Phi) is 8.57. The summed E-state index contributed by atoms with van der Waals surface area (Å²) in [7, 11) is 0. The van der Waals surface area contributed by atoms with Crippen LogP contribution in [0.5, 0.6) is 0 Å². The van der Waals surface area contributed by atoms with Gasteiger partial charge in [-0.15, -0.1) is 0 Å². The lowest BCUT2D eigenvalue weighted by atomic mass is 10.2. The topological polar surface area (TPSA) is 88.7 Å². The smallest absolute Gasteiger partial charge is 0.311 e. The van der Waals surface area contributed by atoms with Crippen molar-refractivity contribution in [1.82, 2.24) is 9.88 Å². The second-order valence-electron chi connectivity index (χ2n) is 4.82. The van der Waals surface area contributed by atoms with Crippen LogP contribution in [0.4, 0.5) is 0 Å². The molecule has 0 saturated carbocycles. The van der Waals surface area contributed by atoms with Gasteiger partial charge in [-0.2, -0.15) is 0 Å². The molecule has 0 aliphatic rings. The van der Waals surface area contributed by atoms with Crippen LogP contribution in [0.1, 0.15) is 37.8 Å². The molecule has 7 nitrogen and oxygen atoms in total. The molecule has 23 heavy (non-hydrogen) atoms. The molecule has 0 aromatic carbocycles. The van der Waals surface area contributed by atoms with Crippen LogP contribution in [0.3, 0.4) is 0 Å².